The second-order valence-electron chi connectivity index (χ2n) is 3.39. The molecule has 4 nitrogen and oxygen atoms in total. The third-order valence-corrected chi connectivity index (χ3v) is 2.32. The highest BCUT2D eigenvalue weighted by atomic mass is 16.4. The van der Waals surface area contributed by atoms with Gasteiger partial charge in [0.25, 0.3) is 0 Å². The van der Waals surface area contributed by atoms with E-state index in [2.05, 4.69) is 15.1 Å². The van der Waals surface area contributed by atoms with Gasteiger partial charge in [0.05, 0.1) is 5.71 Å². The Kier molecular flexibility index (Phi) is 2.91. The van der Waals surface area contributed by atoms with E-state index in [1.807, 2.05) is 24.3 Å². The monoisotopic (exact) mass is 213 g/mol. The fourth-order valence-corrected chi connectivity index (χ4v) is 1.43. The quantitative estimate of drug-likeness (QED) is 0.473. The average Bonchev–Trinajstić information content (AvgIpc) is 2.39. The van der Waals surface area contributed by atoms with E-state index in [0.717, 1.165) is 16.7 Å². The Labute approximate surface area is 93.3 Å². The Morgan fingerprint density at radius 3 is 2.62 bits per heavy atom. The minimum atomic E-state index is 0.582. The van der Waals surface area contributed by atoms with E-state index in [0.29, 0.717) is 5.71 Å². The van der Waals surface area contributed by atoms with Crippen molar-refractivity contribution in [3.8, 4) is 11.1 Å². The van der Waals surface area contributed by atoms with Crippen molar-refractivity contribution in [2.45, 2.75) is 6.92 Å². The van der Waals surface area contributed by atoms with Crippen LogP contribution >= 0.6 is 0 Å². The lowest BCUT2D eigenvalue weighted by atomic mass is 10.0. The number of benzene rings is 1. The van der Waals surface area contributed by atoms with Gasteiger partial charge in [0, 0.05) is 18.0 Å². The molecule has 1 aromatic carbocycles. The number of oxime groups is 1. The van der Waals surface area contributed by atoms with Crippen molar-refractivity contribution in [3.63, 3.8) is 0 Å². The van der Waals surface area contributed by atoms with Crippen LogP contribution in [0.1, 0.15) is 12.5 Å². The van der Waals surface area contributed by atoms with Gasteiger partial charge in [0.2, 0.25) is 0 Å². The zero-order valence-electron chi connectivity index (χ0n) is 8.83. The number of hydrogen-bond acceptors (Lipinski definition) is 4. The summed E-state index contributed by atoms with van der Waals surface area (Å²) in [6.45, 7) is 1.75. The first-order chi connectivity index (χ1) is 7.81. The summed E-state index contributed by atoms with van der Waals surface area (Å²) in [4.78, 5) is 7.93. The summed E-state index contributed by atoms with van der Waals surface area (Å²) in [5.41, 5.74) is 3.40. The molecule has 0 saturated heterocycles. The molecule has 1 heterocycles. The predicted octanol–water partition coefficient (Wildman–Crippen LogP) is 2.34. The first kappa shape index (κ1) is 10.3. The first-order valence-electron chi connectivity index (χ1n) is 4.86. The van der Waals surface area contributed by atoms with E-state index in [4.69, 9.17) is 5.21 Å². The summed E-state index contributed by atoms with van der Waals surface area (Å²) in [7, 11) is 0. The second kappa shape index (κ2) is 4.53. The topological polar surface area (TPSA) is 58.4 Å². The number of aromatic nitrogens is 2. The lowest BCUT2D eigenvalue weighted by Crippen LogP contribution is -1.94. The highest BCUT2D eigenvalue weighted by Gasteiger charge is 2.01. The van der Waals surface area contributed by atoms with Crippen molar-refractivity contribution >= 4 is 5.71 Å². The smallest absolute Gasteiger partial charge is 0.115 e. The molecule has 0 aliphatic carbocycles. The summed E-state index contributed by atoms with van der Waals surface area (Å²) in [6.07, 6.45) is 4.99. The summed E-state index contributed by atoms with van der Waals surface area (Å²) < 4.78 is 0. The maximum atomic E-state index is 8.71. The van der Waals surface area contributed by atoms with E-state index in [9.17, 15) is 0 Å². The Hall–Kier alpha value is -2.23. The van der Waals surface area contributed by atoms with Crippen LogP contribution in [0.15, 0.2) is 48.1 Å². The molecule has 0 fully saturated rings. The summed E-state index contributed by atoms with van der Waals surface area (Å²) >= 11 is 0. The SMILES string of the molecule is C/C(=N\O)c1cccc(-c2cncnc2)c1. The highest BCUT2D eigenvalue weighted by molar-refractivity contribution is 5.99. The van der Waals surface area contributed by atoms with Gasteiger partial charge in [-0.05, 0) is 24.1 Å². The molecule has 2 rings (SSSR count). The largest absolute Gasteiger partial charge is 0.411 e. The van der Waals surface area contributed by atoms with Gasteiger partial charge in [-0.3, -0.25) is 0 Å². The summed E-state index contributed by atoms with van der Waals surface area (Å²) in [5.74, 6) is 0. The van der Waals surface area contributed by atoms with Gasteiger partial charge >= 0.3 is 0 Å². The molecule has 0 aliphatic rings. The molecule has 2 aromatic rings. The van der Waals surface area contributed by atoms with Crippen LogP contribution in [0.5, 0.6) is 0 Å². The minimum Gasteiger partial charge on any atom is -0.411 e. The zero-order valence-corrected chi connectivity index (χ0v) is 8.83. The van der Waals surface area contributed by atoms with E-state index in [1.54, 1.807) is 19.3 Å². The third-order valence-electron chi connectivity index (χ3n) is 2.32. The highest BCUT2D eigenvalue weighted by Crippen LogP contribution is 2.18. The van der Waals surface area contributed by atoms with Crippen LogP contribution in [0, 0.1) is 0 Å². The van der Waals surface area contributed by atoms with Gasteiger partial charge in [-0.25, -0.2) is 9.97 Å². The summed E-state index contributed by atoms with van der Waals surface area (Å²) in [6, 6.07) is 7.70. The standard InChI is InChI=1S/C12H11N3O/c1-9(15-16)10-3-2-4-11(5-10)12-6-13-8-14-7-12/h2-8,16H,1H3/b15-9+. The average molecular weight is 213 g/mol. The second-order valence-corrected chi connectivity index (χ2v) is 3.39. The lowest BCUT2D eigenvalue weighted by Gasteiger charge is -2.03. The van der Waals surface area contributed by atoms with E-state index >= 15 is 0 Å². The number of nitrogens with zero attached hydrogens (tertiary/aromatic N) is 3. The van der Waals surface area contributed by atoms with Crippen LogP contribution in [0.4, 0.5) is 0 Å². The zero-order chi connectivity index (χ0) is 11.4. The van der Waals surface area contributed by atoms with Crippen LogP contribution in [-0.2, 0) is 0 Å². The molecule has 4 heteroatoms. The molecular weight excluding hydrogens is 202 g/mol. The molecule has 0 unspecified atom stereocenters. The molecule has 0 amide bonds. The summed E-state index contributed by atoms with van der Waals surface area (Å²) in [5, 5.41) is 11.9. The van der Waals surface area contributed by atoms with Crippen molar-refractivity contribution in [3.05, 3.63) is 48.5 Å². The maximum Gasteiger partial charge on any atom is 0.115 e. The van der Waals surface area contributed by atoms with Crippen molar-refractivity contribution in [2.75, 3.05) is 0 Å². The molecule has 0 spiro atoms. The van der Waals surface area contributed by atoms with Crippen molar-refractivity contribution < 1.29 is 5.21 Å². The molecule has 0 aliphatic heterocycles. The van der Waals surface area contributed by atoms with Crippen molar-refractivity contribution in [2.24, 2.45) is 5.16 Å². The molecule has 16 heavy (non-hydrogen) atoms. The first-order valence-corrected chi connectivity index (χ1v) is 4.86. The fourth-order valence-electron chi connectivity index (χ4n) is 1.43. The van der Waals surface area contributed by atoms with Gasteiger partial charge in [-0.15, -0.1) is 0 Å². The normalized spacial score (nSPS) is 11.4. The van der Waals surface area contributed by atoms with Crippen LogP contribution in [0.25, 0.3) is 11.1 Å². The molecule has 80 valence electrons. The van der Waals surface area contributed by atoms with E-state index < -0.39 is 0 Å². The fraction of sp³-hybridized carbons (Fsp3) is 0.0833. The van der Waals surface area contributed by atoms with E-state index in [-0.39, 0.29) is 0 Å². The van der Waals surface area contributed by atoms with Crippen LogP contribution in [-0.4, -0.2) is 20.9 Å². The lowest BCUT2D eigenvalue weighted by molar-refractivity contribution is 0.319. The number of hydrogen-bond donors (Lipinski definition) is 1. The molecule has 0 bridgehead atoms. The predicted molar refractivity (Wildman–Crippen MR) is 61.5 cm³/mol. The molecule has 0 saturated carbocycles. The van der Waals surface area contributed by atoms with E-state index in [1.165, 1.54) is 6.33 Å². The van der Waals surface area contributed by atoms with Crippen molar-refractivity contribution in [1.29, 1.82) is 0 Å². The Morgan fingerprint density at radius 1 is 1.19 bits per heavy atom. The molecule has 0 atom stereocenters. The van der Waals surface area contributed by atoms with Gasteiger partial charge in [-0.2, -0.15) is 0 Å². The maximum absolute atomic E-state index is 8.71. The number of rotatable bonds is 2. The molecule has 0 radical (unpaired) electrons. The van der Waals surface area contributed by atoms with Gasteiger partial charge < -0.3 is 5.21 Å². The van der Waals surface area contributed by atoms with Crippen LogP contribution in [0.3, 0.4) is 0 Å². The van der Waals surface area contributed by atoms with Gasteiger partial charge in [-0.1, -0.05) is 23.4 Å². The molecule has 1 aromatic heterocycles. The van der Waals surface area contributed by atoms with Gasteiger partial charge in [0.1, 0.15) is 6.33 Å². The van der Waals surface area contributed by atoms with Crippen LogP contribution in [0.2, 0.25) is 0 Å². The molecular formula is C12H11N3O. The Balaban J connectivity index is 2.44. The van der Waals surface area contributed by atoms with Gasteiger partial charge in [0.15, 0.2) is 0 Å². The molecule has 1 N–H and O–H groups in total. The minimum absolute atomic E-state index is 0.582. The Bertz CT molecular complexity index is 509. The third kappa shape index (κ3) is 2.06. The van der Waals surface area contributed by atoms with Crippen molar-refractivity contribution in [1.82, 2.24) is 9.97 Å². The Morgan fingerprint density at radius 2 is 1.94 bits per heavy atom. The van der Waals surface area contributed by atoms with Crippen LogP contribution < -0.4 is 0 Å².